The molecule has 0 aliphatic carbocycles. The van der Waals surface area contributed by atoms with Gasteiger partial charge < -0.3 is 11.1 Å². The fourth-order valence-electron chi connectivity index (χ4n) is 1.34. The number of amides is 1. The summed E-state index contributed by atoms with van der Waals surface area (Å²) in [4.78, 5) is 15.8. The van der Waals surface area contributed by atoms with Crippen LogP contribution >= 0.6 is 24.8 Å². The number of halogens is 2. The Bertz CT molecular complexity index is 374. The molecule has 2 atom stereocenters. The second kappa shape index (κ2) is 9.14. The minimum atomic E-state index is -0.461. The smallest absolute Gasteiger partial charge is 0.241 e. The lowest BCUT2D eigenvalue weighted by atomic mass is 9.99. The molecule has 1 amide bonds. The fraction of sp³-hybridized carbons (Fsp3) is 0.500. The van der Waals surface area contributed by atoms with Crippen molar-refractivity contribution in [2.24, 2.45) is 11.7 Å². The summed E-state index contributed by atoms with van der Waals surface area (Å²) < 4.78 is 0. The number of aryl methyl sites for hydroxylation is 1. The van der Waals surface area contributed by atoms with E-state index in [4.69, 9.17) is 5.73 Å². The summed E-state index contributed by atoms with van der Waals surface area (Å²) in [7, 11) is 0. The van der Waals surface area contributed by atoms with Gasteiger partial charge in [-0.25, -0.2) is 0 Å². The third-order valence-corrected chi connectivity index (χ3v) is 2.84. The van der Waals surface area contributed by atoms with Gasteiger partial charge in [-0.15, -0.1) is 24.8 Å². The third kappa shape index (κ3) is 5.21. The maximum absolute atomic E-state index is 11.8. The molecule has 18 heavy (non-hydrogen) atoms. The summed E-state index contributed by atoms with van der Waals surface area (Å²) in [6.07, 6.45) is 4.26. The van der Waals surface area contributed by atoms with Gasteiger partial charge in [-0.2, -0.15) is 0 Å². The number of anilines is 1. The summed E-state index contributed by atoms with van der Waals surface area (Å²) in [5, 5.41) is 2.82. The minimum Gasteiger partial charge on any atom is -0.324 e. The first-order chi connectivity index (χ1) is 7.56. The van der Waals surface area contributed by atoms with E-state index in [1.807, 2.05) is 20.8 Å². The second-order valence-corrected chi connectivity index (χ2v) is 4.09. The Balaban J connectivity index is 0. The molecular formula is C12H21Cl2N3O. The van der Waals surface area contributed by atoms with Crippen molar-refractivity contribution >= 4 is 36.4 Å². The highest BCUT2D eigenvalue weighted by atomic mass is 35.5. The zero-order chi connectivity index (χ0) is 12.1. The summed E-state index contributed by atoms with van der Waals surface area (Å²) in [5.74, 6) is 0.0470. The largest absolute Gasteiger partial charge is 0.324 e. The number of carbonyl (C=O) groups excluding carboxylic acids is 1. The number of pyridine rings is 1. The standard InChI is InChI=1S/C12H19N3O.2ClH/c1-4-8(2)11(13)12(16)15-10-5-6-14-7-9(10)3;;/h5-8,11H,4,13H2,1-3H3,(H,14,15,16);2*1H. The number of nitrogens with one attached hydrogen (secondary N) is 1. The van der Waals surface area contributed by atoms with Crippen molar-refractivity contribution in [2.45, 2.75) is 33.2 Å². The molecule has 0 aliphatic heterocycles. The zero-order valence-corrected chi connectivity index (χ0v) is 12.5. The summed E-state index contributed by atoms with van der Waals surface area (Å²) >= 11 is 0. The number of rotatable bonds is 4. The Morgan fingerprint density at radius 1 is 1.50 bits per heavy atom. The molecule has 0 saturated carbocycles. The molecule has 4 nitrogen and oxygen atoms in total. The van der Waals surface area contributed by atoms with Crippen LogP contribution in [-0.4, -0.2) is 16.9 Å². The predicted molar refractivity (Wildman–Crippen MR) is 79.5 cm³/mol. The maximum atomic E-state index is 11.8. The zero-order valence-electron chi connectivity index (χ0n) is 10.8. The molecule has 0 bridgehead atoms. The molecule has 1 heterocycles. The van der Waals surface area contributed by atoms with Gasteiger partial charge in [0.1, 0.15) is 0 Å². The van der Waals surface area contributed by atoms with Crippen molar-refractivity contribution in [3.63, 3.8) is 0 Å². The van der Waals surface area contributed by atoms with E-state index >= 15 is 0 Å². The highest BCUT2D eigenvalue weighted by Gasteiger charge is 2.19. The van der Waals surface area contributed by atoms with Crippen molar-refractivity contribution in [1.82, 2.24) is 4.98 Å². The first kappa shape index (κ1) is 19.5. The first-order valence-electron chi connectivity index (χ1n) is 5.53. The number of nitrogens with zero attached hydrogens (tertiary/aromatic N) is 1. The molecule has 1 aromatic rings. The lowest BCUT2D eigenvalue weighted by molar-refractivity contribution is -0.118. The fourth-order valence-corrected chi connectivity index (χ4v) is 1.34. The van der Waals surface area contributed by atoms with Crippen molar-refractivity contribution in [3.8, 4) is 0 Å². The predicted octanol–water partition coefficient (Wildman–Crippen LogP) is 2.55. The molecule has 3 N–H and O–H groups in total. The SMILES string of the molecule is CCC(C)C(N)C(=O)Nc1ccncc1C.Cl.Cl. The van der Waals surface area contributed by atoms with E-state index in [9.17, 15) is 4.79 Å². The molecule has 0 aliphatic rings. The molecule has 0 aromatic carbocycles. The quantitative estimate of drug-likeness (QED) is 0.896. The molecule has 0 saturated heterocycles. The number of nitrogens with two attached hydrogens (primary N) is 1. The Morgan fingerprint density at radius 2 is 2.11 bits per heavy atom. The van der Waals surface area contributed by atoms with E-state index < -0.39 is 6.04 Å². The van der Waals surface area contributed by atoms with Gasteiger partial charge in [-0.05, 0) is 24.5 Å². The van der Waals surface area contributed by atoms with Gasteiger partial charge in [0.2, 0.25) is 5.91 Å². The highest BCUT2D eigenvalue weighted by Crippen LogP contribution is 2.13. The lowest BCUT2D eigenvalue weighted by Gasteiger charge is -2.18. The van der Waals surface area contributed by atoms with Gasteiger partial charge in [-0.1, -0.05) is 20.3 Å². The number of aromatic nitrogens is 1. The average Bonchev–Trinajstić information content (AvgIpc) is 2.30. The van der Waals surface area contributed by atoms with Crippen LogP contribution in [-0.2, 0) is 4.79 Å². The Morgan fingerprint density at radius 3 is 2.61 bits per heavy atom. The van der Waals surface area contributed by atoms with Gasteiger partial charge in [0, 0.05) is 18.1 Å². The van der Waals surface area contributed by atoms with Crippen LogP contribution in [0.3, 0.4) is 0 Å². The third-order valence-electron chi connectivity index (χ3n) is 2.84. The topological polar surface area (TPSA) is 68.0 Å². The van der Waals surface area contributed by atoms with Gasteiger partial charge in [0.25, 0.3) is 0 Å². The number of hydrogen-bond donors (Lipinski definition) is 2. The Kier molecular flexibility index (Phi) is 9.90. The number of carbonyl (C=O) groups is 1. The van der Waals surface area contributed by atoms with Crippen molar-refractivity contribution in [1.29, 1.82) is 0 Å². The van der Waals surface area contributed by atoms with Gasteiger partial charge in [0.15, 0.2) is 0 Å². The van der Waals surface area contributed by atoms with E-state index in [1.165, 1.54) is 0 Å². The average molecular weight is 294 g/mol. The highest BCUT2D eigenvalue weighted by molar-refractivity contribution is 5.95. The monoisotopic (exact) mass is 293 g/mol. The molecular weight excluding hydrogens is 273 g/mol. The first-order valence-corrected chi connectivity index (χ1v) is 5.53. The van der Waals surface area contributed by atoms with Crippen LogP contribution in [0.1, 0.15) is 25.8 Å². The molecule has 1 rings (SSSR count). The van der Waals surface area contributed by atoms with Gasteiger partial charge in [-0.3, -0.25) is 9.78 Å². The van der Waals surface area contributed by atoms with Crippen LogP contribution in [0.5, 0.6) is 0 Å². The van der Waals surface area contributed by atoms with Crippen LogP contribution in [0, 0.1) is 12.8 Å². The van der Waals surface area contributed by atoms with Crippen LogP contribution in [0.2, 0.25) is 0 Å². The second-order valence-electron chi connectivity index (χ2n) is 4.09. The van der Waals surface area contributed by atoms with Gasteiger partial charge >= 0.3 is 0 Å². The molecule has 0 spiro atoms. The van der Waals surface area contributed by atoms with E-state index in [2.05, 4.69) is 10.3 Å². The molecule has 0 fully saturated rings. The van der Waals surface area contributed by atoms with E-state index in [1.54, 1.807) is 18.5 Å². The van der Waals surface area contributed by atoms with Crippen LogP contribution in [0.25, 0.3) is 0 Å². The van der Waals surface area contributed by atoms with Crippen molar-refractivity contribution in [2.75, 3.05) is 5.32 Å². The van der Waals surface area contributed by atoms with E-state index in [-0.39, 0.29) is 36.6 Å². The van der Waals surface area contributed by atoms with Crippen molar-refractivity contribution in [3.05, 3.63) is 24.0 Å². The Labute approximate surface area is 121 Å². The minimum absolute atomic E-state index is 0. The molecule has 104 valence electrons. The normalized spacial score (nSPS) is 12.7. The molecule has 2 unspecified atom stereocenters. The Hall–Kier alpha value is -0.840. The van der Waals surface area contributed by atoms with Crippen LogP contribution in [0.15, 0.2) is 18.5 Å². The summed E-state index contributed by atoms with van der Waals surface area (Å²) in [6, 6.07) is 1.31. The number of hydrogen-bond acceptors (Lipinski definition) is 3. The molecule has 6 heteroatoms. The van der Waals surface area contributed by atoms with E-state index in [0.717, 1.165) is 17.7 Å². The lowest BCUT2D eigenvalue weighted by Crippen LogP contribution is -2.40. The summed E-state index contributed by atoms with van der Waals surface area (Å²) in [6.45, 7) is 5.90. The summed E-state index contributed by atoms with van der Waals surface area (Å²) in [5.41, 5.74) is 7.56. The van der Waals surface area contributed by atoms with Crippen LogP contribution in [0.4, 0.5) is 5.69 Å². The molecule has 1 aromatic heterocycles. The van der Waals surface area contributed by atoms with Crippen LogP contribution < -0.4 is 11.1 Å². The molecule has 0 radical (unpaired) electrons. The van der Waals surface area contributed by atoms with E-state index in [0.29, 0.717) is 0 Å². The van der Waals surface area contributed by atoms with Gasteiger partial charge in [0.05, 0.1) is 6.04 Å². The van der Waals surface area contributed by atoms with Crippen molar-refractivity contribution < 1.29 is 4.79 Å². The maximum Gasteiger partial charge on any atom is 0.241 e.